The number of carbonyl (C=O) groups excluding carboxylic acids is 1. The summed E-state index contributed by atoms with van der Waals surface area (Å²) in [5.41, 5.74) is 0.561. The first-order valence-electron chi connectivity index (χ1n) is 6.13. The number of imidazole rings is 1. The van der Waals surface area contributed by atoms with Gasteiger partial charge in [0.05, 0.1) is 0 Å². The van der Waals surface area contributed by atoms with Gasteiger partial charge < -0.3 is 15.6 Å². The SMILES string of the molecule is O=C(NCCCc1ncc[nH]1)Nc1cc(Cl)cc(Cl)c1. The van der Waals surface area contributed by atoms with Crippen LogP contribution in [0.2, 0.25) is 10.0 Å². The van der Waals surface area contributed by atoms with Crippen LogP contribution in [0.25, 0.3) is 0 Å². The Morgan fingerprint density at radius 3 is 2.65 bits per heavy atom. The highest BCUT2D eigenvalue weighted by atomic mass is 35.5. The van der Waals surface area contributed by atoms with Crippen molar-refractivity contribution in [2.75, 3.05) is 11.9 Å². The van der Waals surface area contributed by atoms with Crippen LogP contribution in [0.5, 0.6) is 0 Å². The second kappa shape index (κ2) is 7.17. The van der Waals surface area contributed by atoms with E-state index in [0.29, 0.717) is 22.3 Å². The van der Waals surface area contributed by atoms with Crippen molar-refractivity contribution >= 4 is 34.9 Å². The standard InChI is InChI=1S/C13H14Cl2N4O/c14-9-6-10(15)8-11(7-9)19-13(20)18-3-1-2-12-16-4-5-17-12/h4-8H,1-3H2,(H,16,17)(H2,18,19,20). The van der Waals surface area contributed by atoms with Gasteiger partial charge in [0.25, 0.3) is 0 Å². The van der Waals surface area contributed by atoms with E-state index in [-0.39, 0.29) is 6.03 Å². The predicted molar refractivity (Wildman–Crippen MR) is 80.4 cm³/mol. The minimum Gasteiger partial charge on any atom is -0.349 e. The van der Waals surface area contributed by atoms with Gasteiger partial charge in [0.1, 0.15) is 5.82 Å². The lowest BCUT2D eigenvalue weighted by atomic mass is 10.3. The predicted octanol–water partition coefficient (Wildman–Crippen LogP) is 3.47. The fraction of sp³-hybridized carbons (Fsp3) is 0.231. The first kappa shape index (κ1) is 14.7. The highest BCUT2D eigenvalue weighted by Crippen LogP contribution is 2.22. The third-order valence-electron chi connectivity index (χ3n) is 2.55. The molecule has 0 saturated heterocycles. The lowest BCUT2D eigenvalue weighted by molar-refractivity contribution is 0.252. The molecule has 2 amide bonds. The Morgan fingerprint density at radius 1 is 1.25 bits per heavy atom. The minimum atomic E-state index is -0.289. The first-order chi connectivity index (χ1) is 9.63. The Morgan fingerprint density at radius 2 is 2.00 bits per heavy atom. The monoisotopic (exact) mass is 312 g/mol. The van der Waals surface area contributed by atoms with E-state index in [2.05, 4.69) is 20.6 Å². The Bertz CT molecular complexity index is 552. The number of hydrogen-bond donors (Lipinski definition) is 3. The van der Waals surface area contributed by atoms with Gasteiger partial charge in [0.2, 0.25) is 0 Å². The molecule has 0 unspecified atom stereocenters. The molecular formula is C13H14Cl2N4O. The van der Waals surface area contributed by atoms with Crippen molar-refractivity contribution < 1.29 is 4.79 Å². The summed E-state index contributed by atoms with van der Waals surface area (Å²) in [5, 5.41) is 6.38. The van der Waals surface area contributed by atoms with Gasteiger partial charge in [-0.05, 0) is 24.6 Å². The maximum absolute atomic E-state index is 11.7. The van der Waals surface area contributed by atoms with E-state index in [1.807, 2.05) is 0 Å². The number of urea groups is 1. The molecule has 106 valence electrons. The molecule has 0 bridgehead atoms. The van der Waals surface area contributed by atoms with Crippen molar-refractivity contribution in [3.63, 3.8) is 0 Å². The van der Waals surface area contributed by atoms with Crippen LogP contribution in [0.3, 0.4) is 0 Å². The number of aromatic nitrogens is 2. The van der Waals surface area contributed by atoms with Gasteiger partial charge in [-0.3, -0.25) is 0 Å². The van der Waals surface area contributed by atoms with Crippen molar-refractivity contribution in [3.05, 3.63) is 46.5 Å². The second-order valence-electron chi connectivity index (χ2n) is 4.18. The summed E-state index contributed by atoms with van der Waals surface area (Å²) in [5.74, 6) is 0.911. The number of hydrogen-bond acceptors (Lipinski definition) is 2. The normalized spacial score (nSPS) is 10.3. The number of benzene rings is 1. The molecule has 0 aliphatic heterocycles. The molecule has 0 spiro atoms. The molecule has 5 nitrogen and oxygen atoms in total. The van der Waals surface area contributed by atoms with Crippen molar-refractivity contribution in [2.24, 2.45) is 0 Å². The summed E-state index contributed by atoms with van der Waals surface area (Å²) in [6, 6.07) is 4.59. The number of H-pyrrole nitrogens is 1. The van der Waals surface area contributed by atoms with Crippen molar-refractivity contribution in [3.8, 4) is 0 Å². The van der Waals surface area contributed by atoms with Gasteiger partial charge >= 0.3 is 6.03 Å². The molecule has 0 fully saturated rings. The van der Waals surface area contributed by atoms with Crippen LogP contribution in [-0.2, 0) is 6.42 Å². The van der Waals surface area contributed by atoms with Crippen LogP contribution in [-0.4, -0.2) is 22.5 Å². The van der Waals surface area contributed by atoms with Crippen LogP contribution >= 0.6 is 23.2 Å². The number of anilines is 1. The third-order valence-corrected chi connectivity index (χ3v) is 2.99. The Hall–Kier alpha value is -1.72. The number of halogens is 2. The summed E-state index contributed by atoms with van der Waals surface area (Å²) in [7, 11) is 0. The number of nitrogens with zero attached hydrogens (tertiary/aromatic N) is 1. The van der Waals surface area contributed by atoms with Crippen LogP contribution in [0.4, 0.5) is 10.5 Å². The lowest BCUT2D eigenvalue weighted by Gasteiger charge is -2.08. The molecule has 20 heavy (non-hydrogen) atoms. The summed E-state index contributed by atoms with van der Waals surface area (Å²) >= 11 is 11.7. The summed E-state index contributed by atoms with van der Waals surface area (Å²) < 4.78 is 0. The molecule has 0 radical (unpaired) electrons. The van der Waals surface area contributed by atoms with Crippen molar-refractivity contribution in [1.82, 2.24) is 15.3 Å². The summed E-state index contributed by atoms with van der Waals surface area (Å²) in [4.78, 5) is 18.8. The van der Waals surface area contributed by atoms with E-state index >= 15 is 0 Å². The molecule has 1 aromatic carbocycles. The van der Waals surface area contributed by atoms with Crippen molar-refractivity contribution in [1.29, 1.82) is 0 Å². The smallest absolute Gasteiger partial charge is 0.319 e. The summed E-state index contributed by atoms with van der Waals surface area (Å²) in [6.07, 6.45) is 5.07. The molecule has 3 N–H and O–H groups in total. The van der Waals surface area contributed by atoms with Crippen LogP contribution in [0, 0.1) is 0 Å². The Labute approximate surface area is 126 Å². The van der Waals surface area contributed by atoms with Crippen molar-refractivity contribution in [2.45, 2.75) is 12.8 Å². The van der Waals surface area contributed by atoms with E-state index in [1.165, 1.54) is 0 Å². The van der Waals surface area contributed by atoms with Gasteiger partial charge in [-0.2, -0.15) is 0 Å². The molecule has 0 aliphatic carbocycles. The zero-order chi connectivity index (χ0) is 14.4. The van der Waals surface area contributed by atoms with E-state index in [9.17, 15) is 4.79 Å². The summed E-state index contributed by atoms with van der Waals surface area (Å²) in [6.45, 7) is 0.556. The number of amides is 2. The number of carbonyl (C=O) groups is 1. The minimum absolute atomic E-state index is 0.289. The van der Waals surface area contributed by atoms with E-state index < -0.39 is 0 Å². The Kier molecular flexibility index (Phi) is 5.26. The van der Waals surface area contributed by atoms with Crippen LogP contribution < -0.4 is 10.6 Å². The zero-order valence-corrected chi connectivity index (χ0v) is 12.1. The first-order valence-corrected chi connectivity index (χ1v) is 6.88. The maximum Gasteiger partial charge on any atom is 0.319 e. The molecule has 0 saturated carbocycles. The van der Waals surface area contributed by atoms with Crippen LogP contribution in [0.1, 0.15) is 12.2 Å². The maximum atomic E-state index is 11.7. The highest BCUT2D eigenvalue weighted by molar-refractivity contribution is 6.35. The fourth-order valence-corrected chi connectivity index (χ4v) is 2.22. The number of rotatable bonds is 5. The Balaban J connectivity index is 1.72. The van der Waals surface area contributed by atoms with Gasteiger partial charge in [0.15, 0.2) is 0 Å². The van der Waals surface area contributed by atoms with Gasteiger partial charge in [0, 0.05) is 41.1 Å². The molecule has 1 aromatic heterocycles. The van der Waals surface area contributed by atoms with E-state index in [0.717, 1.165) is 18.7 Å². The molecule has 2 rings (SSSR count). The zero-order valence-electron chi connectivity index (χ0n) is 10.6. The molecule has 2 aromatic rings. The molecule has 1 heterocycles. The highest BCUT2D eigenvalue weighted by Gasteiger charge is 2.03. The number of aromatic amines is 1. The average molecular weight is 313 g/mol. The molecule has 0 aliphatic rings. The molecule has 0 atom stereocenters. The van der Waals surface area contributed by atoms with E-state index in [4.69, 9.17) is 23.2 Å². The number of aryl methyl sites for hydroxylation is 1. The average Bonchev–Trinajstić information content (AvgIpc) is 2.86. The third kappa shape index (κ3) is 4.75. The molecule has 7 heteroatoms. The largest absolute Gasteiger partial charge is 0.349 e. The van der Waals surface area contributed by atoms with Gasteiger partial charge in [-0.1, -0.05) is 23.2 Å². The number of nitrogens with one attached hydrogen (secondary N) is 3. The van der Waals surface area contributed by atoms with Crippen LogP contribution in [0.15, 0.2) is 30.6 Å². The van der Waals surface area contributed by atoms with E-state index in [1.54, 1.807) is 30.6 Å². The lowest BCUT2D eigenvalue weighted by Crippen LogP contribution is -2.29. The fourth-order valence-electron chi connectivity index (χ4n) is 1.69. The topological polar surface area (TPSA) is 69.8 Å². The second-order valence-corrected chi connectivity index (χ2v) is 5.05. The van der Waals surface area contributed by atoms with Gasteiger partial charge in [-0.25, -0.2) is 9.78 Å². The van der Waals surface area contributed by atoms with Gasteiger partial charge in [-0.15, -0.1) is 0 Å². The quantitative estimate of drug-likeness (QED) is 0.740. The molecular weight excluding hydrogens is 299 g/mol.